The minimum absolute atomic E-state index is 0.301. The van der Waals surface area contributed by atoms with Gasteiger partial charge in [-0.1, -0.05) is 0 Å². The zero-order valence-electron chi connectivity index (χ0n) is 13.7. The minimum atomic E-state index is -2.78. The normalized spacial score (nSPS) is 27.6. The smallest absolute Gasteiger partial charge is 0.152 e. The molecule has 0 aromatic carbocycles. The minimum Gasteiger partial charge on any atom is -0.302 e. The van der Waals surface area contributed by atoms with Gasteiger partial charge in [0.2, 0.25) is 0 Å². The SMILES string of the molecule is CS(C)(=O)=NCC1CCCN(CCN2CCS(=O)(=O)CC2)C1. The van der Waals surface area contributed by atoms with Crippen molar-refractivity contribution in [2.24, 2.45) is 10.3 Å². The van der Waals surface area contributed by atoms with Crippen LogP contribution in [0.5, 0.6) is 0 Å². The third-order valence-corrected chi connectivity index (χ3v) is 6.80. The first-order valence-electron chi connectivity index (χ1n) is 8.01. The summed E-state index contributed by atoms with van der Waals surface area (Å²) in [6, 6.07) is 0. The first-order valence-corrected chi connectivity index (χ1v) is 12.2. The summed E-state index contributed by atoms with van der Waals surface area (Å²) in [6.45, 7) is 6.10. The lowest BCUT2D eigenvalue weighted by Gasteiger charge is -2.34. The monoisotopic (exact) mass is 351 g/mol. The molecule has 0 aliphatic carbocycles. The van der Waals surface area contributed by atoms with Crippen LogP contribution < -0.4 is 0 Å². The number of piperidine rings is 1. The van der Waals surface area contributed by atoms with E-state index in [1.807, 2.05) is 0 Å². The highest BCUT2D eigenvalue weighted by atomic mass is 32.2. The molecule has 0 N–H and O–H groups in total. The number of nitrogens with zero attached hydrogens (tertiary/aromatic N) is 3. The lowest BCUT2D eigenvalue weighted by atomic mass is 9.98. The Morgan fingerprint density at radius 1 is 1.09 bits per heavy atom. The summed E-state index contributed by atoms with van der Waals surface area (Å²) in [6.07, 6.45) is 5.72. The first kappa shape index (κ1) is 18.2. The molecule has 2 rings (SSSR count). The number of sulfone groups is 1. The van der Waals surface area contributed by atoms with Crippen molar-refractivity contribution in [3.63, 3.8) is 0 Å². The summed E-state index contributed by atoms with van der Waals surface area (Å²) in [4.78, 5) is 4.69. The van der Waals surface area contributed by atoms with Crippen LogP contribution in [-0.2, 0) is 19.6 Å². The molecule has 2 aliphatic rings. The zero-order valence-corrected chi connectivity index (χ0v) is 15.4. The quantitative estimate of drug-likeness (QED) is 0.705. The average Bonchev–Trinajstić information content (AvgIpc) is 2.44. The highest BCUT2D eigenvalue weighted by Gasteiger charge is 2.23. The highest BCUT2D eigenvalue weighted by Crippen LogP contribution is 2.17. The van der Waals surface area contributed by atoms with Crippen LogP contribution in [-0.4, -0.2) is 92.3 Å². The Morgan fingerprint density at radius 2 is 1.73 bits per heavy atom. The van der Waals surface area contributed by atoms with Gasteiger partial charge >= 0.3 is 0 Å². The maximum Gasteiger partial charge on any atom is 0.152 e. The molecule has 6 nitrogen and oxygen atoms in total. The molecule has 0 amide bonds. The van der Waals surface area contributed by atoms with E-state index in [4.69, 9.17) is 0 Å². The Hall–Kier alpha value is -0.180. The molecule has 0 saturated carbocycles. The van der Waals surface area contributed by atoms with Gasteiger partial charge < -0.3 is 9.80 Å². The van der Waals surface area contributed by atoms with Crippen molar-refractivity contribution in [1.82, 2.24) is 9.80 Å². The molecular formula is C14H29N3O3S2. The van der Waals surface area contributed by atoms with Crippen LogP contribution >= 0.6 is 0 Å². The summed E-state index contributed by atoms with van der Waals surface area (Å²) in [7, 11) is -4.77. The first-order chi connectivity index (χ1) is 10.2. The van der Waals surface area contributed by atoms with E-state index in [0.29, 0.717) is 37.1 Å². The topological polar surface area (TPSA) is 70.1 Å². The maximum absolute atomic E-state index is 11.7. The van der Waals surface area contributed by atoms with Crippen molar-refractivity contribution in [3.05, 3.63) is 0 Å². The van der Waals surface area contributed by atoms with Crippen molar-refractivity contribution in [3.8, 4) is 0 Å². The van der Waals surface area contributed by atoms with E-state index in [9.17, 15) is 12.6 Å². The van der Waals surface area contributed by atoms with Gasteiger partial charge in [-0.2, -0.15) is 0 Å². The Morgan fingerprint density at radius 3 is 2.36 bits per heavy atom. The van der Waals surface area contributed by atoms with Gasteiger partial charge in [-0.3, -0.25) is 4.21 Å². The van der Waals surface area contributed by atoms with Crippen LogP contribution in [0.1, 0.15) is 12.8 Å². The molecule has 0 spiro atoms. The molecule has 2 heterocycles. The summed E-state index contributed by atoms with van der Waals surface area (Å²) in [5.74, 6) is 1.11. The van der Waals surface area contributed by atoms with Gasteiger partial charge in [0.25, 0.3) is 0 Å². The molecule has 2 aliphatic heterocycles. The Bertz CT molecular complexity index is 560. The van der Waals surface area contributed by atoms with Gasteiger partial charge in [0, 0.05) is 55.0 Å². The van der Waals surface area contributed by atoms with Crippen LogP contribution in [0.2, 0.25) is 0 Å². The second-order valence-corrected chi connectivity index (χ2v) is 11.7. The molecule has 0 aromatic rings. The van der Waals surface area contributed by atoms with E-state index in [2.05, 4.69) is 14.2 Å². The molecule has 1 unspecified atom stereocenters. The van der Waals surface area contributed by atoms with Gasteiger partial charge in [0.15, 0.2) is 9.84 Å². The van der Waals surface area contributed by atoms with Crippen LogP contribution in [0.15, 0.2) is 4.36 Å². The van der Waals surface area contributed by atoms with E-state index in [1.54, 1.807) is 12.5 Å². The fourth-order valence-electron chi connectivity index (χ4n) is 3.04. The van der Waals surface area contributed by atoms with Gasteiger partial charge in [-0.25, -0.2) is 12.8 Å². The predicted octanol–water partition coefficient (Wildman–Crippen LogP) is 0.156. The standard InChI is InChI=1S/C14H29N3O3S2/c1-21(2,18)15-12-14-4-3-5-17(13-14)7-6-16-8-10-22(19,20)11-9-16/h14H,3-13H2,1-2H3. The highest BCUT2D eigenvalue weighted by molar-refractivity contribution is 7.92. The van der Waals surface area contributed by atoms with Crippen LogP contribution in [0.25, 0.3) is 0 Å². The number of hydrogen-bond donors (Lipinski definition) is 0. The van der Waals surface area contributed by atoms with Gasteiger partial charge in [-0.05, 0) is 25.3 Å². The number of hydrogen-bond acceptors (Lipinski definition) is 6. The number of likely N-dealkylation sites (tertiary alicyclic amines) is 1. The van der Waals surface area contributed by atoms with Crippen LogP contribution in [0.3, 0.4) is 0 Å². The van der Waals surface area contributed by atoms with E-state index in [0.717, 1.165) is 32.6 Å². The lowest BCUT2D eigenvalue weighted by molar-refractivity contribution is 0.154. The Labute approximate surface area is 135 Å². The van der Waals surface area contributed by atoms with Crippen molar-refractivity contribution < 1.29 is 12.6 Å². The van der Waals surface area contributed by atoms with E-state index in [-0.39, 0.29) is 0 Å². The molecule has 1 atom stereocenters. The third kappa shape index (κ3) is 6.52. The molecule has 22 heavy (non-hydrogen) atoms. The number of rotatable bonds is 5. The molecule has 0 bridgehead atoms. The second kappa shape index (κ2) is 7.59. The van der Waals surface area contributed by atoms with Crippen LogP contribution in [0.4, 0.5) is 0 Å². The fraction of sp³-hybridized carbons (Fsp3) is 1.00. The molecular weight excluding hydrogens is 322 g/mol. The summed E-state index contributed by atoms with van der Waals surface area (Å²) < 4.78 is 38.8. The largest absolute Gasteiger partial charge is 0.302 e. The lowest BCUT2D eigenvalue weighted by Crippen LogP contribution is -2.46. The molecule has 0 radical (unpaired) electrons. The van der Waals surface area contributed by atoms with Crippen molar-refractivity contribution >= 4 is 19.6 Å². The van der Waals surface area contributed by atoms with E-state index >= 15 is 0 Å². The molecule has 2 saturated heterocycles. The zero-order chi connectivity index (χ0) is 16.2. The fourth-order valence-corrected chi connectivity index (χ4v) is 4.89. The van der Waals surface area contributed by atoms with Gasteiger partial charge in [-0.15, -0.1) is 0 Å². The maximum atomic E-state index is 11.7. The Balaban J connectivity index is 1.73. The van der Waals surface area contributed by atoms with Crippen molar-refractivity contribution in [1.29, 1.82) is 0 Å². The van der Waals surface area contributed by atoms with E-state index < -0.39 is 19.6 Å². The van der Waals surface area contributed by atoms with E-state index in [1.165, 1.54) is 6.42 Å². The Kier molecular flexibility index (Phi) is 6.27. The summed E-state index contributed by atoms with van der Waals surface area (Å²) >= 11 is 0. The van der Waals surface area contributed by atoms with Crippen molar-refractivity contribution in [2.45, 2.75) is 12.8 Å². The molecule has 0 aromatic heterocycles. The second-order valence-electron chi connectivity index (χ2n) is 6.80. The third-order valence-electron chi connectivity index (χ3n) is 4.42. The summed E-state index contributed by atoms with van der Waals surface area (Å²) in [5, 5.41) is 0. The van der Waals surface area contributed by atoms with Crippen molar-refractivity contribution in [2.75, 3.05) is 69.8 Å². The molecule has 2 fully saturated rings. The van der Waals surface area contributed by atoms with Crippen LogP contribution in [0, 0.1) is 5.92 Å². The average molecular weight is 352 g/mol. The van der Waals surface area contributed by atoms with Gasteiger partial charge in [0.1, 0.15) is 0 Å². The molecule has 8 heteroatoms. The molecule has 130 valence electrons. The van der Waals surface area contributed by atoms with Gasteiger partial charge in [0.05, 0.1) is 18.1 Å². The predicted molar refractivity (Wildman–Crippen MR) is 91.5 cm³/mol. The summed E-state index contributed by atoms with van der Waals surface area (Å²) in [5.41, 5.74) is 0.